The van der Waals surface area contributed by atoms with Crippen LogP contribution in [0.15, 0.2) is 27.8 Å². The molecule has 1 N–H and O–H groups in total. The fourth-order valence-corrected chi connectivity index (χ4v) is 1.95. The van der Waals surface area contributed by atoms with E-state index in [4.69, 9.17) is 0 Å². The van der Waals surface area contributed by atoms with Crippen molar-refractivity contribution in [2.75, 3.05) is 12.3 Å². The van der Waals surface area contributed by atoms with Gasteiger partial charge in [0.05, 0.1) is 10.8 Å². The molecular formula is C11H15BrN2OS. The van der Waals surface area contributed by atoms with Crippen LogP contribution in [0.4, 0.5) is 0 Å². The zero-order valence-electron chi connectivity index (χ0n) is 9.20. The lowest BCUT2D eigenvalue weighted by molar-refractivity contribution is -0.118. The van der Waals surface area contributed by atoms with Gasteiger partial charge in [0.2, 0.25) is 5.91 Å². The van der Waals surface area contributed by atoms with Crippen LogP contribution in [-0.4, -0.2) is 23.2 Å². The lowest BCUT2D eigenvalue weighted by Gasteiger charge is -2.03. The van der Waals surface area contributed by atoms with Crippen LogP contribution in [0.1, 0.15) is 19.8 Å². The van der Waals surface area contributed by atoms with E-state index >= 15 is 0 Å². The van der Waals surface area contributed by atoms with Crippen molar-refractivity contribution in [1.82, 2.24) is 10.3 Å². The van der Waals surface area contributed by atoms with Crippen LogP contribution in [0.3, 0.4) is 0 Å². The molecule has 0 radical (unpaired) electrons. The highest BCUT2D eigenvalue weighted by Gasteiger charge is 2.02. The van der Waals surface area contributed by atoms with E-state index in [2.05, 4.69) is 33.2 Å². The molecule has 0 saturated carbocycles. The molecule has 0 unspecified atom stereocenters. The molecule has 1 heterocycles. The zero-order valence-corrected chi connectivity index (χ0v) is 11.6. The second-order valence-corrected chi connectivity index (χ2v) is 5.22. The van der Waals surface area contributed by atoms with Crippen LogP contribution >= 0.6 is 27.7 Å². The van der Waals surface area contributed by atoms with E-state index in [9.17, 15) is 4.79 Å². The van der Waals surface area contributed by atoms with Crippen LogP contribution in [-0.2, 0) is 4.79 Å². The van der Waals surface area contributed by atoms with Gasteiger partial charge in [-0.2, -0.15) is 0 Å². The summed E-state index contributed by atoms with van der Waals surface area (Å²) in [6.45, 7) is 2.87. The molecule has 1 aromatic rings. The summed E-state index contributed by atoms with van der Waals surface area (Å²) >= 11 is 4.77. The Kier molecular flexibility index (Phi) is 6.49. The number of thioether (sulfide) groups is 1. The molecule has 0 aliphatic rings. The average molecular weight is 303 g/mol. The van der Waals surface area contributed by atoms with Gasteiger partial charge in [0.25, 0.3) is 0 Å². The highest BCUT2D eigenvalue weighted by molar-refractivity contribution is 9.10. The van der Waals surface area contributed by atoms with Crippen molar-refractivity contribution in [3.05, 3.63) is 22.8 Å². The zero-order chi connectivity index (χ0) is 11.8. The minimum absolute atomic E-state index is 0.0724. The topological polar surface area (TPSA) is 42.0 Å². The van der Waals surface area contributed by atoms with Crippen molar-refractivity contribution >= 4 is 33.6 Å². The summed E-state index contributed by atoms with van der Waals surface area (Å²) in [5, 5.41) is 3.74. The van der Waals surface area contributed by atoms with Gasteiger partial charge in [-0.05, 0) is 34.5 Å². The van der Waals surface area contributed by atoms with E-state index in [1.54, 1.807) is 6.20 Å². The van der Waals surface area contributed by atoms with Gasteiger partial charge in [-0.25, -0.2) is 4.98 Å². The standard InChI is InChI=1S/C11H15BrN2OS/c1-2-3-6-13-10(15)8-16-11-5-4-9(12)7-14-11/h4-5,7H,2-3,6,8H2,1H3,(H,13,15). The van der Waals surface area contributed by atoms with Crippen molar-refractivity contribution in [3.63, 3.8) is 0 Å². The first-order valence-electron chi connectivity index (χ1n) is 5.23. The van der Waals surface area contributed by atoms with E-state index in [0.717, 1.165) is 28.9 Å². The smallest absolute Gasteiger partial charge is 0.230 e. The fraction of sp³-hybridized carbons (Fsp3) is 0.455. The van der Waals surface area contributed by atoms with Crippen molar-refractivity contribution in [1.29, 1.82) is 0 Å². The molecule has 1 aromatic heterocycles. The molecule has 0 aromatic carbocycles. The molecule has 1 amide bonds. The number of pyridine rings is 1. The number of aromatic nitrogens is 1. The van der Waals surface area contributed by atoms with Gasteiger partial charge in [0.1, 0.15) is 0 Å². The van der Waals surface area contributed by atoms with E-state index in [-0.39, 0.29) is 5.91 Å². The molecular weight excluding hydrogens is 288 g/mol. The minimum Gasteiger partial charge on any atom is -0.355 e. The third-order valence-corrected chi connectivity index (χ3v) is 3.32. The lowest BCUT2D eigenvalue weighted by Crippen LogP contribution is -2.25. The molecule has 16 heavy (non-hydrogen) atoms. The van der Waals surface area contributed by atoms with Gasteiger partial charge in [0, 0.05) is 17.2 Å². The summed E-state index contributed by atoms with van der Waals surface area (Å²) < 4.78 is 0.948. The molecule has 0 aliphatic carbocycles. The van der Waals surface area contributed by atoms with Gasteiger partial charge in [-0.15, -0.1) is 0 Å². The Balaban J connectivity index is 2.23. The number of amides is 1. The first-order chi connectivity index (χ1) is 7.72. The Morgan fingerprint density at radius 3 is 3.00 bits per heavy atom. The molecule has 0 saturated heterocycles. The number of nitrogens with one attached hydrogen (secondary N) is 1. The summed E-state index contributed by atoms with van der Waals surface area (Å²) in [5.74, 6) is 0.501. The van der Waals surface area contributed by atoms with Gasteiger partial charge < -0.3 is 5.32 Å². The van der Waals surface area contributed by atoms with Gasteiger partial charge in [-0.3, -0.25) is 4.79 Å². The Bertz CT molecular complexity index is 329. The maximum absolute atomic E-state index is 11.4. The normalized spacial score (nSPS) is 10.1. The maximum atomic E-state index is 11.4. The van der Waals surface area contributed by atoms with Crippen LogP contribution in [0.5, 0.6) is 0 Å². The van der Waals surface area contributed by atoms with Gasteiger partial charge >= 0.3 is 0 Å². The Morgan fingerprint density at radius 2 is 2.38 bits per heavy atom. The van der Waals surface area contributed by atoms with Crippen molar-refractivity contribution < 1.29 is 4.79 Å². The molecule has 0 bridgehead atoms. The Labute approximate surface area is 109 Å². The van der Waals surface area contributed by atoms with Gasteiger partial charge in [-0.1, -0.05) is 25.1 Å². The van der Waals surface area contributed by atoms with Crippen LogP contribution < -0.4 is 5.32 Å². The summed E-state index contributed by atoms with van der Waals surface area (Å²) in [7, 11) is 0. The van der Waals surface area contributed by atoms with Crippen LogP contribution in [0, 0.1) is 0 Å². The highest BCUT2D eigenvalue weighted by atomic mass is 79.9. The molecule has 5 heteroatoms. The number of halogens is 1. The number of rotatable bonds is 6. The second kappa shape index (κ2) is 7.68. The van der Waals surface area contributed by atoms with Crippen molar-refractivity contribution in [3.8, 4) is 0 Å². The lowest BCUT2D eigenvalue weighted by atomic mass is 10.3. The largest absolute Gasteiger partial charge is 0.355 e. The van der Waals surface area contributed by atoms with Gasteiger partial charge in [0.15, 0.2) is 0 Å². The van der Waals surface area contributed by atoms with Crippen molar-refractivity contribution in [2.45, 2.75) is 24.8 Å². The fourth-order valence-electron chi connectivity index (χ4n) is 1.04. The number of unbranched alkanes of at least 4 members (excludes halogenated alkanes) is 1. The minimum atomic E-state index is 0.0724. The number of carbonyl (C=O) groups is 1. The summed E-state index contributed by atoms with van der Waals surface area (Å²) in [6, 6.07) is 3.82. The average Bonchev–Trinajstić information content (AvgIpc) is 2.29. The molecule has 0 atom stereocenters. The maximum Gasteiger partial charge on any atom is 0.230 e. The summed E-state index contributed by atoms with van der Waals surface area (Å²) in [4.78, 5) is 15.6. The first-order valence-corrected chi connectivity index (χ1v) is 7.01. The molecule has 1 rings (SSSR count). The SMILES string of the molecule is CCCCNC(=O)CSc1ccc(Br)cn1. The predicted molar refractivity (Wildman–Crippen MR) is 70.6 cm³/mol. The third-order valence-electron chi connectivity index (χ3n) is 1.90. The quantitative estimate of drug-likeness (QED) is 0.649. The first kappa shape index (κ1) is 13.5. The van der Waals surface area contributed by atoms with Crippen LogP contribution in [0.2, 0.25) is 0 Å². The van der Waals surface area contributed by atoms with E-state index in [1.807, 2.05) is 12.1 Å². The molecule has 0 aliphatic heterocycles. The molecule has 0 spiro atoms. The number of carbonyl (C=O) groups excluding carboxylic acids is 1. The second-order valence-electron chi connectivity index (χ2n) is 3.31. The molecule has 88 valence electrons. The van der Waals surface area contributed by atoms with Crippen molar-refractivity contribution in [2.24, 2.45) is 0 Å². The Morgan fingerprint density at radius 1 is 1.56 bits per heavy atom. The molecule has 0 fully saturated rings. The predicted octanol–water partition coefficient (Wildman–Crippen LogP) is 2.85. The monoisotopic (exact) mass is 302 g/mol. The Hall–Kier alpha value is -0.550. The number of hydrogen-bond acceptors (Lipinski definition) is 3. The third kappa shape index (κ3) is 5.51. The van der Waals surface area contributed by atoms with Crippen LogP contribution in [0.25, 0.3) is 0 Å². The highest BCUT2D eigenvalue weighted by Crippen LogP contribution is 2.16. The van der Waals surface area contributed by atoms with E-state index in [1.165, 1.54) is 11.8 Å². The summed E-state index contributed by atoms with van der Waals surface area (Å²) in [6.07, 6.45) is 3.87. The van der Waals surface area contributed by atoms with E-state index < -0.39 is 0 Å². The molecule has 3 nitrogen and oxygen atoms in total. The number of hydrogen-bond donors (Lipinski definition) is 1. The summed E-state index contributed by atoms with van der Waals surface area (Å²) in [5.41, 5.74) is 0. The van der Waals surface area contributed by atoms with E-state index in [0.29, 0.717) is 5.75 Å². The number of nitrogens with zero attached hydrogens (tertiary/aromatic N) is 1.